The minimum atomic E-state index is -1.24. The number of rotatable bonds is 7. The van der Waals surface area contributed by atoms with Crippen molar-refractivity contribution in [2.45, 2.75) is 20.0 Å². The Labute approximate surface area is 185 Å². The van der Waals surface area contributed by atoms with E-state index < -0.39 is 22.9 Å². The Hall–Kier alpha value is -4.20. The topological polar surface area (TPSA) is 111 Å². The normalized spacial score (nSPS) is 11.3. The molecule has 32 heavy (non-hydrogen) atoms. The summed E-state index contributed by atoms with van der Waals surface area (Å²) in [5.74, 6) is -1.37. The fourth-order valence-corrected chi connectivity index (χ4v) is 3.17. The molecule has 0 aliphatic rings. The number of amides is 1. The molecule has 0 radical (unpaired) electrons. The summed E-state index contributed by atoms with van der Waals surface area (Å²) in [4.78, 5) is 36.7. The Bertz CT molecular complexity index is 1160. The molecule has 1 amide bonds. The van der Waals surface area contributed by atoms with E-state index in [0.717, 1.165) is 17.2 Å². The van der Waals surface area contributed by atoms with Crippen molar-refractivity contribution in [2.24, 2.45) is 0 Å². The number of carbonyl (C=O) groups excluding carboxylic acids is 2. The molecule has 8 nitrogen and oxygen atoms in total. The SMILES string of the molecule is CNc1ccc(C(=O)OC(C(=O)Nc2cc(C)ccc2C)c2ccccc2)cc1[N+](=O)[O-]. The lowest BCUT2D eigenvalue weighted by Gasteiger charge is -2.19. The van der Waals surface area contributed by atoms with Crippen LogP contribution in [0.5, 0.6) is 0 Å². The molecule has 1 unspecified atom stereocenters. The van der Waals surface area contributed by atoms with Crippen molar-refractivity contribution in [2.75, 3.05) is 17.7 Å². The second-order valence-corrected chi connectivity index (χ2v) is 7.24. The number of nitro benzene ring substituents is 1. The van der Waals surface area contributed by atoms with E-state index in [1.807, 2.05) is 32.0 Å². The Kier molecular flexibility index (Phi) is 6.84. The molecule has 3 aromatic carbocycles. The highest BCUT2D eigenvalue weighted by Gasteiger charge is 2.27. The molecule has 0 saturated carbocycles. The van der Waals surface area contributed by atoms with E-state index in [1.165, 1.54) is 12.1 Å². The second-order valence-electron chi connectivity index (χ2n) is 7.24. The summed E-state index contributed by atoms with van der Waals surface area (Å²) >= 11 is 0. The van der Waals surface area contributed by atoms with Gasteiger partial charge in [0.05, 0.1) is 10.5 Å². The number of benzene rings is 3. The zero-order valence-electron chi connectivity index (χ0n) is 17.9. The predicted molar refractivity (Wildman–Crippen MR) is 122 cm³/mol. The average molecular weight is 433 g/mol. The van der Waals surface area contributed by atoms with Gasteiger partial charge in [-0.15, -0.1) is 0 Å². The first kappa shape index (κ1) is 22.5. The number of ether oxygens (including phenoxy) is 1. The van der Waals surface area contributed by atoms with Crippen molar-refractivity contribution in [3.63, 3.8) is 0 Å². The predicted octanol–water partition coefficient (Wildman–Crippen LogP) is 4.79. The van der Waals surface area contributed by atoms with Crippen molar-refractivity contribution in [3.8, 4) is 0 Å². The van der Waals surface area contributed by atoms with Crippen LogP contribution in [0.2, 0.25) is 0 Å². The summed E-state index contributed by atoms with van der Waals surface area (Å²) in [5.41, 5.74) is 2.88. The molecular weight excluding hydrogens is 410 g/mol. The molecule has 0 bridgehead atoms. The van der Waals surface area contributed by atoms with E-state index in [2.05, 4.69) is 10.6 Å². The van der Waals surface area contributed by atoms with Crippen molar-refractivity contribution in [3.05, 3.63) is 99.1 Å². The number of hydrogen-bond acceptors (Lipinski definition) is 6. The van der Waals surface area contributed by atoms with Gasteiger partial charge in [0, 0.05) is 24.4 Å². The Morgan fingerprint density at radius 2 is 1.69 bits per heavy atom. The lowest BCUT2D eigenvalue weighted by atomic mass is 10.1. The van der Waals surface area contributed by atoms with E-state index in [9.17, 15) is 19.7 Å². The first-order valence-corrected chi connectivity index (χ1v) is 9.90. The zero-order chi connectivity index (χ0) is 23.3. The minimum Gasteiger partial charge on any atom is -0.444 e. The molecule has 164 valence electrons. The van der Waals surface area contributed by atoms with E-state index in [-0.39, 0.29) is 16.9 Å². The Balaban J connectivity index is 1.91. The van der Waals surface area contributed by atoms with Crippen molar-refractivity contribution >= 4 is 28.9 Å². The van der Waals surface area contributed by atoms with Gasteiger partial charge >= 0.3 is 5.97 Å². The van der Waals surface area contributed by atoms with E-state index in [1.54, 1.807) is 37.4 Å². The molecule has 0 aliphatic carbocycles. The third kappa shape index (κ3) is 5.10. The summed E-state index contributed by atoms with van der Waals surface area (Å²) in [6.07, 6.45) is -1.24. The highest BCUT2D eigenvalue weighted by atomic mass is 16.6. The molecule has 0 heterocycles. The van der Waals surface area contributed by atoms with Crippen LogP contribution in [-0.4, -0.2) is 23.8 Å². The van der Waals surface area contributed by atoms with Crippen LogP contribution in [0.4, 0.5) is 17.1 Å². The minimum absolute atomic E-state index is 0.0313. The molecule has 1 atom stereocenters. The molecular formula is C24H23N3O5. The van der Waals surface area contributed by atoms with Crippen molar-refractivity contribution < 1.29 is 19.2 Å². The van der Waals surface area contributed by atoms with Crippen LogP contribution < -0.4 is 10.6 Å². The number of esters is 1. The van der Waals surface area contributed by atoms with Gasteiger partial charge in [-0.1, -0.05) is 42.5 Å². The van der Waals surface area contributed by atoms with Crippen LogP contribution in [0.3, 0.4) is 0 Å². The van der Waals surface area contributed by atoms with E-state index >= 15 is 0 Å². The Morgan fingerprint density at radius 1 is 0.969 bits per heavy atom. The second kappa shape index (κ2) is 9.74. The molecule has 0 aromatic heterocycles. The first-order chi connectivity index (χ1) is 15.3. The third-order valence-electron chi connectivity index (χ3n) is 4.92. The van der Waals surface area contributed by atoms with E-state index in [4.69, 9.17) is 4.74 Å². The van der Waals surface area contributed by atoms with Gasteiger partial charge in [0.1, 0.15) is 5.69 Å². The number of carbonyl (C=O) groups is 2. The van der Waals surface area contributed by atoms with Gasteiger partial charge < -0.3 is 15.4 Å². The van der Waals surface area contributed by atoms with Crippen LogP contribution >= 0.6 is 0 Å². The summed E-state index contributed by atoms with van der Waals surface area (Å²) in [5, 5.41) is 16.8. The molecule has 0 fully saturated rings. The van der Waals surface area contributed by atoms with Gasteiger partial charge in [-0.05, 0) is 43.2 Å². The van der Waals surface area contributed by atoms with Crippen LogP contribution in [0.1, 0.15) is 33.2 Å². The average Bonchev–Trinajstić information content (AvgIpc) is 2.79. The molecule has 2 N–H and O–H groups in total. The highest BCUT2D eigenvalue weighted by Crippen LogP contribution is 2.28. The summed E-state index contributed by atoms with van der Waals surface area (Å²) in [7, 11) is 1.55. The smallest absolute Gasteiger partial charge is 0.339 e. The number of nitro groups is 1. The molecule has 3 aromatic rings. The fraction of sp³-hybridized carbons (Fsp3) is 0.167. The number of nitrogens with zero attached hydrogens (tertiary/aromatic N) is 1. The molecule has 3 rings (SSSR count). The van der Waals surface area contributed by atoms with Crippen LogP contribution in [-0.2, 0) is 9.53 Å². The van der Waals surface area contributed by atoms with Crippen molar-refractivity contribution in [1.82, 2.24) is 0 Å². The number of nitrogens with one attached hydrogen (secondary N) is 2. The fourth-order valence-electron chi connectivity index (χ4n) is 3.17. The van der Waals surface area contributed by atoms with Gasteiger partial charge in [-0.2, -0.15) is 0 Å². The van der Waals surface area contributed by atoms with Gasteiger partial charge in [0.15, 0.2) is 0 Å². The maximum Gasteiger partial charge on any atom is 0.339 e. The largest absolute Gasteiger partial charge is 0.444 e. The van der Waals surface area contributed by atoms with Gasteiger partial charge in [0.2, 0.25) is 6.10 Å². The summed E-state index contributed by atoms with van der Waals surface area (Å²) < 4.78 is 5.54. The standard InChI is InChI=1S/C24H23N3O5/c1-15-9-10-16(2)20(13-15)26-23(28)22(17-7-5-4-6-8-17)32-24(29)18-11-12-19(25-3)21(14-18)27(30)31/h4-14,22,25H,1-3H3,(H,26,28). The van der Waals surface area contributed by atoms with Gasteiger partial charge in [-0.3, -0.25) is 14.9 Å². The highest BCUT2D eigenvalue weighted by molar-refractivity contribution is 5.99. The van der Waals surface area contributed by atoms with Gasteiger partial charge in [-0.25, -0.2) is 4.79 Å². The van der Waals surface area contributed by atoms with Gasteiger partial charge in [0.25, 0.3) is 11.6 Å². The molecule has 0 aliphatic heterocycles. The zero-order valence-corrected chi connectivity index (χ0v) is 17.9. The molecule has 0 spiro atoms. The maximum atomic E-state index is 13.1. The first-order valence-electron chi connectivity index (χ1n) is 9.90. The lowest BCUT2D eigenvalue weighted by molar-refractivity contribution is -0.384. The van der Waals surface area contributed by atoms with Crippen molar-refractivity contribution in [1.29, 1.82) is 0 Å². The number of hydrogen-bond donors (Lipinski definition) is 2. The quantitative estimate of drug-likeness (QED) is 0.315. The Morgan fingerprint density at radius 3 is 2.34 bits per heavy atom. The number of anilines is 2. The monoisotopic (exact) mass is 433 g/mol. The van der Waals surface area contributed by atoms with Crippen LogP contribution in [0.25, 0.3) is 0 Å². The number of aryl methyl sites for hydroxylation is 2. The van der Waals surface area contributed by atoms with Crippen LogP contribution in [0.15, 0.2) is 66.7 Å². The maximum absolute atomic E-state index is 13.1. The lowest BCUT2D eigenvalue weighted by Crippen LogP contribution is -2.26. The molecule has 0 saturated heterocycles. The molecule has 8 heteroatoms. The van der Waals surface area contributed by atoms with E-state index in [0.29, 0.717) is 11.3 Å². The van der Waals surface area contributed by atoms with Crippen LogP contribution in [0, 0.1) is 24.0 Å². The summed E-state index contributed by atoms with van der Waals surface area (Å²) in [6, 6.07) is 18.2. The summed E-state index contributed by atoms with van der Waals surface area (Å²) in [6.45, 7) is 3.77. The third-order valence-corrected chi connectivity index (χ3v) is 4.92.